The second-order valence-corrected chi connectivity index (χ2v) is 6.85. The predicted molar refractivity (Wildman–Crippen MR) is 82.4 cm³/mol. The number of hydrogen-bond donors (Lipinski definition) is 0. The van der Waals surface area contributed by atoms with Crippen molar-refractivity contribution in [1.82, 2.24) is 4.98 Å². The third-order valence-corrected chi connectivity index (χ3v) is 4.27. The number of aromatic nitrogens is 1. The van der Waals surface area contributed by atoms with Crippen molar-refractivity contribution in [3.05, 3.63) is 22.9 Å². The fraction of sp³-hybridized carbons (Fsp3) is 0.647. The number of anilines is 1. The Morgan fingerprint density at radius 1 is 1.38 bits per heavy atom. The zero-order chi connectivity index (χ0) is 15.0. The van der Waals surface area contributed by atoms with Crippen LogP contribution in [0.1, 0.15) is 50.4 Å². The lowest BCUT2D eigenvalue weighted by Gasteiger charge is -2.42. The Morgan fingerprint density at radius 2 is 2.14 bits per heavy atom. The summed E-state index contributed by atoms with van der Waals surface area (Å²) in [4.78, 5) is 7.08. The van der Waals surface area contributed by atoms with E-state index < -0.39 is 0 Å². The fourth-order valence-electron chi connectivity index (χ4n) is 3.56. The van der Waals surface area contributed by atoms with Crippen molar-refractivity contribution in [3.8, 4) is 6.07 Å². The molecular formula is C17H23N3O. The first kappa shape index (κ1) is 14.3. The quantitative estimate of drug-likeness (QED) is 0.796. The van der Waals surface area contributed by atoms with Gasteiger partial charge in [-0.05, 0) is 58.1 Å². The number of pyridine rings is 1. The molecule has 1 aliphatic heterocycles. The number of rotatable bonds is 1. The molecule has 112 valence electrons. The second-order valence-electron chi connectivity index (χ2n) is 6.85. The summed E-state index contributed by atoms with van der Waals surface area (Å²) in [5.74, 6) is 0.848. The molecule has 21 heavy (non-hydrogen) atoms. The number of morpholine rings is 1. The molecule has 1 saturated heterocycles. The van der Waals surface area contributed by atoms with Crippen molar-refractivity contribution in [2.75, 3.05) is 18.0 Å². The Bertz CT molecular complexity index is 588. The molecule has 1 atom stereocenters. The molecule has 0 radical (unpaired) electrons. The van der Waals surface area contributed by atoms with Gasteiger partial charge >= 0.3 is 0 Å². The molecule has 0 bridgehead atoms. The predicted octanol–water partition coefficient (Wildman–Crippen LogP) is 2.84. The Kier molecular flexibility index (Phi) is 3.62. The van der Waals surface area contributed by atoms with Gasteiger partial charge in [0.05, 0.1) is 17.3 Å². The van der Waals surface area contributed by atoms with Crippen molar-refractivity contribution in [2.45, 2.75) is 58.2 Å². The maximum absolute atomic E-state index is 9.50. The van der Waals surface area contributed by atoms with E-state index in [1.807, 2.05) is 0 Å². The molecule has 1 unspecified atom stereocenters. The number of ether oxygens (including phenoxy) is 1. The van der Waals surface area contributed by atoms with E-state index in [2.05, 4.69) is 37.8 Å². The topological polar surface area (TPSA) is 49.2 Å². The highest BCUT2D eigenvalue weighted by atomic mass is 16.5. The molecule has 3 rings (SSSR count). The van der Waals surface area contributed by atoms with Crippen LogP contribution in [0.15, 0.2) is 6.07 Å². The zero-order valence-corrected chi connectivity index (χ0v) is 13.1. The van der Waals surface area contributed by atoms with Crippen molar-refractivity contribution in [3.63, 3.8) is 0 Å². The van der Waals surface area contributed by atoms with Gasteiger partial charge in [-0.25, -0.2) is 4.98 Å². The van der Waals surface area contributed by atoms with E-state index in [0.717, 1.165) is 31.7 Å². The lowest BCUT2D eigenvalue weighted by molar-refractivity contribution is -0.0751. The smallest absolute Gasteiger partial charge is 0.147 e. The van der Waals surface area contributed by atoms with Crippen LogP contribution in [-0.4, -0.2) is 29.8 Å². The maximum Gasteiger partial charge on any atom is 0.147 e. The van der Waals surface area contributed by atoms with Crippen molar-refractivity contribution >= 4 is 5.82 Å². The zero-order valence-electron chi connectivity index (χ0n) is 13.1. The van der Waals surface area contributed by atoms with Gasteiger partial charge in [-0.15, -0.1) is 0 Å². The molecule has 0 N–H and O–H groups in total. The van der Waals surface area contributed by atoms with Crippen LogP contribution in [0, 0.1) is 11.3 Å². The molecule has 2 aliphatic rings. The summed E-state index contributed by atoms with van der Waals surface area (Å²) in [7, 11) is 0. The number of fused-ring (bicyclic) bond motifs is 1. The van der Waals surface area contributed by atoms with Crippen LogP contribution in [0.3, 0.4) is 0 Å². The van der Waals surface area contributed by atoms with Gasteiger partial charge < -0.3 is 9.64 Å². The largest absolute Gasteiger partial charge is 0.369 e. The summed E-state index contributed by atoms with van der Waals surface area (Å²) in [6.45, 7) is 7.85. The van der Waals surface area contributed by atoms with Gasteiger partial charge in [0.2, 0.25) is 0 Å². The second kappa shape index (κ2) is 5.31. The number of hydrogen-bond acceptors (Lipinski definition) is 4. The monoisotopic (exact) mass is 285 g/mol. The van der Waals surface area contributed by atoms with Crippen LogP contribution in [-0.2, 0) is 17.6 Å². The minimum atomic E-state index is -0.206. The van der Waals surface area contributed by atoms with E-state index in [9.17, 15) is 5.26 Å². The highest BCUT2D eigenvalue weighted by Gasteiger charge is 2.33. The Hall–Kier alpha value is -1.60. The van der Waals surface area contributed by atoms with Crippen molar-refractivity contribution in [1.29, 1.82) is 5.26 Å². The molecule has 0 spiro atoms. The van der Waals surface area contributed by atoms with E-state index in [-0.39, 0.29) is 11.7 Å². The van der Waals surface area contributed by atoms with E-state index in [4.69, 9.17) is 9.72 Å². The highest BCUT2D eigenvalue weighted by Crippen LogP contribution is 2.30. The summed E-state index contributed by atoms with van der Waals surface area (Å²) in [5.41, 5.74) is 2.96. The van der Waals surface area contributed by atoms with E-state index in [1.54, 1.807) is 0 Å². The van der Waals surface area contributed by atoms with Gasteiger partial charge in [-0.2, -0.15) is 5.26 Å². The number of nitrogens with zero attached hydrogens (tertiary/aromatic N) is 3. The third kappa shape index (κ3) is 2.89. The average molecular weight is 285 g/mol. The molecule has 1 aliphatic carbocycles. The van der Waals surface area contributed by atoms with Gasteiger partial charge in [-0.3, -0.25) is 0 Å². The molecule has 1 aromatic rings. The molecule has 2 heterocycles. The molecule has 4 nitrogen and oxygen atoms in total. The lowest BCUT2D eigenvalue weighted by Crippen LogP contribution is -2.52. The highest BCUT2D eigenvalue weighted by molar-refractivity contribution is 5.57. The first-order valence-electron chi connectivity index (χ1n) is 7.84. The summed E-state index contributed by atoms with van der Waals surface area (Å²) in [6.07, 6.45) is 4.66. The van der Waals surface area contributed by atoms with Crippen LogP contribution in [0.25, 0.3) is 0 Å². The number of nitriles is 1. The standard InChI is InChI=1S/C17H23N3O/c1-12-10-20(11-17(2,3)21-12)16-14(9-18)8-13-6-4-5-7-15(13)19-16/h8,12H,4-7,10-11H2,1-3H3. The molecular weight excluding hydrogens is 262 g/mol. The SMILES string of the molecule is CC1CN(c2nc3c(cc2C#N)CCCC3)CC(C)(C)O1. The normalized spacial score (nSPS) is 24.3. The Balaban J connectivity index is 1.99. The Morgan fingerprint density at radius 3 is 2.86 bits per heavy atom. The van der Waals surface area contributed by atoms with Gasteiger partial charge in [0.1, 0.15) is 11.9 Å². The van der Waals surface area contributed by atoms with E-state index in [0.29, 0.717) is 5.56 Å². The molecule has 0 aromatic carbocycles. The first-order chi connectivity index (χ1) is 9.98. The van der Waals surface area contributed by atoms with Crippen LogP contribution in [0.2, 0.25) is 0 Å². The van der Waals surface area contributed by atoms with Crippen LogP contribution in [0.5, 0.6) is 0 Å². The Labute approximate surface area is 126 Å². The van der Waals surface area contributed by atoms with Crippen molar-refractivity contribution in [2.24, 2.45) is 0 Å². The summed E-state index contributed by atoms with van der Waals surface area (Å²) < 4.78 is 5.96. The van der Waals surface area contributed by atoms with Gasteiger partial charge in [-0.1, -0.05) is 0 Å². The summed E-state index contributed by atoms with van der Waals surface area (Å²) in [5, 5.41) is 9.50. The molecule has 0 amide bonds. The van der Waals surface area contributed by atoms with Gasteiger partial charge in [0.25, 0.3) is 0 Å². The van der Waals surface area contributed by atoms with E-state index >= 15 is 0 Å². The van der Waals surface area contributed by atoms with Crippen LogP contribution in [0.4, 0.5) is 5.82 Å². The molecule has 4 heteroatoms. The van der Waals surface area contributed by atoms with E-state index in [1.165, 1.54) is 24.1 Å². The minimum Gasteiger partial charge on any atom is -0.369 e. The van der Waals surface area contributed by atoms with Crippen molar-refractivity contribution < 1.29 is 4.74 Å². The third-order valence-electron chi connectivity index (χ3n) is 4.27. The summed E-state index contributed by atoms with van der Waals surface area (Å²) in [6, 6.07) is 4.40. The number of aryl methyl sites for hydroxylation is 2. The van der Waals surface area contributed by atoms with Gasteiger partial charge in [0, 0.05) is 18.8 Å². The molecule has 1 fully saturated rings. The first-order valence-corrected chi connectivity index (χ1v) is 7.84. The van der Waals surface area contributed by atoms with Crippen LogP contribution < -0.4 is 4.90 Å². The minimum absolute atomic E-state index is 0.151. The average Bonchev–Trinajstić information content (AvgIpc) is 2.43. The van der Waals surface area contributed by atoms with Gasteiger partial charge in [0.15, 0.2) is 0 Å². The molecule has 0 saturated carbocycles. The molecule has 1 aromatic heterocycles. The lowest BCUT2D eigenvalue weighted by atomic mass is 9.94. The van der Waals surface area contributed by atoms with Crippen LogP contribution >= 0.6 is 0 Å². The maximum atomic E-state index is 9.50. The fourth-order valence-corrected chi connectivity index (χ4v) is 3.56. The summed E-state index contributed by atoms with van der Waals surface area (Å²) >= 11 is 0.